The highest BCUT2D eigenvalue weighted by atomic mass is 35.5. The average Bonchev–Trinajstić information content (AvgIpc) is 2.67. The van der Waals surface area contributed by atoms with Gasteiger partial charge in [-0.2, -0.15) is 26.3 Å². The second kappa shape index (κ2) is 9.84. The minimum atomic E-state index is -5.79. The van der Waals surface area contributed by atoms with Crippen LogP contribution in [-0.4, -0.2) is 77.2 Å². The van der Waals surface area contributed by atoms with Crippen LogP contribution in [0, 0.1) is 0 Å². The number of hydrogen-bond donors (Lipinski definition) is 1. The number of hydrogen-bond acceptors (Lipinski definition) is 5. The third kappa shape index (κ3) is 7.03. The lowest BCUT2D eigenvalue weighted by atomic mass is 10.1. The first-order chi connectivity index (χ1) is 15.0. The molecule has 0 spiro atoms. The zero-order valence-electron chi connectivity index (χ0n) is 17.5. The first kappa shape index (κ1) is 26.8. The summed E-state index contributed by atoms with van der Waals surface area (Å²) in [6.07, 6.45) is -17.5. The van der Waals surface area contributed by atoms with Gasteiger partial charge in [0.25, 0.3) is 6.10 Å². The van der Waals surface area contributed by atoms with Crippen LogP contribution in [-0.2, 0) is 16.1 Å². The van der Waals surface area contributed by atoms with Crippen LogP contribution in [0.3, 0.4) is 0 Å². The number of nitrogens with zero attached hydrogens (tertiary/aromatic N) is 2. The number of halogens is 7. The molecule has 2 rings (SSSR count). The van der Waals surface area contributed by atoms with Gasteiger partial charge in [0.15, 0.2) is 5.60 Å². The van der Waals surface area contributed by atoms with E-state index in [1.807, 2.05) is 0 Å². The van der Waals surface area contributed by atoms with Crippen LogP contribution in [0.4, 0.5) is 31.1 Å². The molecule has 1 aliphatic heterocycles. The molecule has 7 nitrogen and oxygen atoms in total. The van der Waals surface area contributed by atoms with Crippen molar-refractivity contribution in [1.29, 1.82) is 0 Å². The number of alkyl halides is 6. The quantitative estimate of drug-likeness (QED) is 0.579. The van der Waals surface area contributed by atoms with Crippen LogP contribution < -0.4 is 4.74 Å². The Morgan fingerprint density at radius 3 is 2.09 bits per heavy atom. The number of rotatable bonds is 6. The molecule has 0 atom stereocenters. The van der Waals surface area contributed by atoms with Crippen molar-refractivity contribution in [2.45, 2.75) is 44.4 Å². The van der Waals surface area contributed by atoms with E-state index in [0.29, 0.717) is 5.56 Å². The summed E-state index contributed by atoms with van der Waals surface area (Å²) in [5.74, 6) is -1.09. The number of ether oxygens (including phenoxy) is 2. The number of aliphatic carboxylic acids is 1. The van der Waals surface area contributed by atoms with E-state index in [2.05, 4.69) is 4.74 Å². The number of benzene rings is 1. The number of piperazine rings is 1. The molecule has 1 N–H and O–H groups in total. The largest absolute Gasteiger partial charge is 0.478 e. The van der Waals surface area contributed by atoms with Crippen LogP contribution in [0.5, 0.6) is 5.75 Å². The predicted octanol–water partition coefficient (Wildman–Crippen LogP) is 4.33. The standard InChI is InChI=1S/C19H21ClF6N2O5/c1-17(2,15(29)30)33-13-11(4-3-5-12(13)20)10-27-6-8-28(9-7-27)16(31)32-14(18(21,22)23)19(24,25)26/h3-5,14H,6-10H2,1-2H3,(H,29,30). The molecule has 33 heavy (non-hydrogen) atoms. The van der Waals surface area contributed by atoms with Crippen molar-refractivity contribution in [3.63, 3.8) is 0 Å². The van der Waals surface area contributed by atoms with Crippen molar-refractivity contribution in [2.75, 3.05) is 26.2 Å². The summed E-state index contributed by atoms with van der Waals surface area (Å²) in [7, 11) is 0. The first-order valence-electron chi connectivity index (χ1n) is 9.53. The summed E-state index contributed by atoms with van der Waals surface area (Å²) in [5, 5.41) is 9.44. The zero-order valence-corrected chi connectivity index (χ0v) is 18.2. The van der Waals surface area contributed by atoms with Gasteiger partial charge in [-0.3, -0.25) is 4.90 Å². The van der Waals surface area contributed by atoms with E-state index in [4.69, 9.17) is 16.3 Å². The smallest absolute Gasteiger partial charge is 0.434 e. The van der Waals surface area contributed by atoms with Crippen molar-refractivity contribution >= 4 is 23.7 Å². The Morgan fingerprint density at radius 1 is 1.06 bits per heavy atom. The van der Waals surface area contributed by atoms with Gasteiger partial charge in [0, 0.05) is 38.3 Å². The third-order valence-electron chi connectivity index (χ3n) is 4.76. The van der Waals surface area contributed by atoms with Gasteiger partial charge in [-0.15, -0.1) is 0 Å². The third-order valence-corrected chi connectivity index (χ3v) is 5.06. The van der Waals surface area contributed by atoms with E-state index in [-0.39, 0.29) is 43.5 Å². The van der Waals surface area contributed by atoms with E-state index in [1.54, 1.807) is 17.0 Å². The summed E-state index contributed by atoms with van der Waals surface area (Å²) in [6, 6.07) is 4.75. The fourth-order valence-electron chi connectivity index (χ4n) is 2.92. The highest BCUT2D eigenvalue weighted by Gasteiger charge is 2.60. The Hall–Kier alpha value is -2.41. The van der Waals surface area contributed by atoms with E-state index in [1.165, 1.54) is 19.9 Å². The van der Waals surface area contributed by atoms with E-state index in [9.17, 15) is 41.0 Å². The average molecular weight is 507 g/mol. The molecular formula is C19H21ClF6N2O5. The van der Waals surface area contributed by atoms with Crippen molar-refractivity contribution in [2.24, 2.45) is 0 Å². The number of carbonyl (C=O) groups excluding carboxylic acids is 1. The van der Waals surface area contributed by atoms with Crippen LogP contribution >= 0.6 is 11.6 Å². The molecule has 1 amide bonds. The maximum atomic E-state index is 12.6. The Labute approximate surface area is 189 Å². The molecule has 1 fully saturated rings. The minimum Gasteiger partial charge on any atom is -0.478 e. The molecule has 14 heteroatoms. The minimum absolute atomic E-state index is 0.103. The van der Waals surface area contributed by atoms with Crippen molar-refractivity contribution in [3.8, 4) is 5.75 Å². The molecule has 0 aliphatic carbocycles. The Balaban J connectivity index is 2.03. The molecule has 0 unspecified atom stereocenters. The van der Waals surface area contributed by atoms with Gasteiger partial charge in [0.1, 0.15) is 5.75 Å². The summed E-state index contributed by atoms with van der Waals surface area (Å²) >= 11 is 6.15. The Morgan fingerprint density at radius 2 is 1.61 bits per heavy atom. The molecular weight excluding hydrogens is 486 g/mol. The molecule has 1 aliphatic rings. The van der Waals surface area contributed by atoms with Gasteiger partial charge in [-0.25, -0.2) is 9.59 Å². The summed E-state index contributed by atoms with van der Waals surface area (Å²) in [5.41, 5.74) is -1.07. The Bertz CT molecular complexity index is 855. The van der Waals surface area contributed by atoms with Crippen LogP contribution in [0.25, 0.3) is 0 Å². The van der Waals surface area contributed by atoms with Crippen LogP contribution in [0.15, 0.2) is 18.2 Å². The number of para-hydroxylation sites is 1. The van der Waals surface area contributed by atoms with E-state index in [0.717, 1.165) is 4.90 Å². The number of carboxylic acid groups (broad SMARTS) is 1. The van der Waals surface area contributed by atoms with Gasteiger partial charge in [0.05, 0.1) is 5.02 Å². The molecule has 0 saturated carbocycles. The fourth-order valence-corrected chi connectivity index (χ4v) is 3.15. The van der Waals surface area contributed by atoms with Crippen molar-refractivity contribution < 1.29 is 50.5 Å². The van der Waals surface area contributed by atoms with Crippen molar-refractivity contribution in [1.82, 2.24) is 9.80 Å². The van der Waals surface area contributed by atoms with E-state index < -0.39 is 36.1 Å². The molecule has 0 radical (unpaired) electrons. The van der Waals surface area contributed by atoms with Crippen molar-refractivity contribution in [3.05, 3.63) is 28.8 Å². The van der Waals surface area contributed by atoms with Crippen LogP contribution in [0.2, 0.25) is 5.02 Å². The lowest BCUT2D eigenvalue weighted by Gasteiger charge is -2.35. The monoisotopic (exact) mass is 506 g/mol. The number of carboxylic acids is 1. The fraction of sp³-hybridized carbons (Fsp3) is 0.579. The predicted molar refractivity (Wildman–Crippen MR) is 103 cm³/mol. The van der Waals surface area contributed by atoms with Crippen LogP contribution in [0.1, 0.15) is 19.4 Å². The highest BCUT2D eigenvalue weighted by Crippen LogP contribution is 2.36. The van der Waals surface area contributed by atoms with Gasteiger partial charge >= 0.3 is 24.4 Å². The molecule has 0 aromatic heterocycles. The van der Waals surface area contributed by atoms with E-state index >= 15 is 0 Å². The molecule has 0 bridgehead atoms. The molecule has 186 valence electrons. The Kier molecular flexibility index (Phi) is 8.00. The number of amides is 1. The topological polar surface area (TPSA) is 79.3 Å². The van der Waals surface area contributed by atoms with Gasteiger partial charge < -0.3 is 19.5 Å². The zero-order chi connectivity index (χ0) is 25.2. The lowest BCUT2D eigenvalue weighted by molar-refractivity contribution is -0.308. The maximum absolute atomic E-state index is 12.6. The second-order valence-corrected chi connectivity index (χ2v) is 8.16. The normalized spacial score (nSPS) is 16.1. The molecule has 1 heterocycles. The second-order valence-electron chi connectivity index (χ2n) is 7.76. The van der Waals surface area contributed by atoms with Gasteiger partial charge in [0.2, 0.25) is 0 Å². The lowest BCUT2D eigenvalue weighted by Crippen LogP contribution is -2.52. The summed E-state index contributed by atoms with van der Waals surface area (Å²) < 4.78 is 84.9. The molecule has 1 aromatic rings. The maximum Gasteiger partial charge on any atom is 0.434 e. The molecule has 1 aromatic carbocycles. The van der Waals surface area contributed by atoms with Gasteiger partial charge in [-0.1, -0.05) is 23.7 Å². The summed E-state index contributed by atoms with van der Waals surface area (Å²) in [6.45, 7) is 2.70. The molecule has 1 saturated heterocycles. The highest BCUT2D eigenvalue weighted by molar-refractivity contribution is 6.32. The first-order valence-corrected chi connectivity index (χ1v) is 9.91. The number of carbonyl (C=O) groups is 2. The SMILES string of the molecule is CC(C)(Oc1c(Cl)cccc1CN1CCN(C(=O)OC(C(F)(F)F)C(F)(F)F)CC1)C(=O)O. The van der Waals surface area contributed by atoms with Gasteiger partial charge in [-0.05, 0) is 19.9 Å². The summed E-state index contributed by atoms with van der Waals surface area (Å²) in [4.78, 5) is 25.8.